The predicted molar refractivity (Wildman–Crippen MR) is 68.0 cm³/mol. The van der Waals surface area contributed by atoms with Gasteiger partial charge in [0.1, 0.15) is 0 Å². The van der Waals surface area contributed by atoms with Crippen LogP contribution in [0.5, 0.6) is 0 Å². The number of aryl methyl sites for hydroxylation is 1. The first kappa shape index (κ1) is 16.1. The summed E-state index contributed by atoms with van der Waals surface area (Å²) in [6, 6.07) is 6.09. The Bertz CT molecular complexity index is 367. The normalized spacial score (nSPS) is 9.44. The molecule has 1 aromatic rings. The van der Waals surface area contributed by atoms with Crippen molar-refractivity contribution in [2.45, 2.75) is 13.3 Å². The maximum atomic E-state index is 8.56. The molecule has 0 aliphatic heterocycles. The van der Waals surface area contributed by atoms with Crippen molar-refractivity contribution in [3.05, 3.63) is 39.4 Å². The molecule has 0 heterocycles. The standard InChI is InChI=1S/C11H18N2O.HNO3/c1-9-8-10(2-3-11(9)12)4-5-13-6-7-14;2-1(3)4/h2-3,8,13-14H,4-7,12H2,1H3;(H,2,3,4). The molecule has 0 bridgehead atoms. The molecule has 0 saturated heterocycles. The van der Waals surface area contributed by atoms with Gasteiger partial charge in [-0.2, -0.15) is 0 Å². The van der Waals surface area contributed by atoms with Crippen LogP contribution in [0.3, 0.4) is 0 Å². The quantitative estimate of drug-likeness (QED) is 0.261. The number of hydrogen-bond acceptors (Lipinski definition) is 5. The van der Waals surface area contributed by atoms with Gasteiger partial charge in [-0.15, -0.1) is 10.1 Å². The van der Waals surface area contributed by atoms with E-state index in [-0.39, 0.29) is 6.61 Å². The lowest BCUT2D eigenvalue weighted by atomic mass is 10.1. The topological polar surface area (TPSA) is 122 Å². The molecule has 0 aliphatic carbocycles. The molecule has 1 rings (SSSR count). The van der Waals surface area contributed by atoms with E-state index >= 15 is 0 Å². The monoisotopic (exact) mass is 257 g/mol. The van der Waals surface area contributed by atoms with Gasteiger partial charge >= 0.3 is 0 Å². The summed E-state index contributed by atoms with van der Waals surface area (Å²) in [4.78, 5) is 8.36. The number of nitrogen functional groups attached to an aromatic ring is 1. The molecule has 1 aromatic carbocycles. The Labute approximate surface area is 105 Å². The summed E-state index contributed by atoms with van der Waals surface area (Å²) in [6.07, 6.45) is 0.973. The molecule has 7 nitrogen and oxygen atoms in total. The lowest BCUT2D eigenvalue weighted by Crippen LogP contribution is -2.20. The Morgan fingerprint density at radius 3 is 2.56 bits per heavy atom. The first-order valence-electron chi connectivity index (χ1n) is 5.47. The van der Waals surface area contributed by atoms with Gasteiger partial charge in [-0.25, -0.2) is 0 Å². The van der Waals surface area contributed by atoms with E-state index < -0.39 is 5.09 Å². The minimum atomic E-state index is -1.50. The highest BCUT2D eigenvalue weighted by Gasteiger charge is 1.96. The van der Waals surface area contributed by atoms with Gasteiger partial charge in [0.2, 0.25) is 0 Å². The predicted octanol–water partition coefficient (Wildman–Crippen LogP) is 0.354. The number of nitrogens with two attached hydrogens (primary N) is 1. The number of nitrogens with one attached hydrogen (secondary N) is 1. The lowest BCUT2D eigenvalue weighted by molar-refractivity contribution is -0.742. The molecule has 0 spiro atoms. The van der Waals surface area contributed by atoms with Gasteiger partial charge in [-0.05, 0) is 37.1 Å². The van der Waals surface area contributed by atoms with E-state index in [1.54, 1.807) is 0 Å². The highest BCUT2D eigenvalue weighted by Crippen LogP contribution is 2.12. The van der Waals surface area contributed by atoms with Gasteiger partial charge in [0.05, 0.1) is 6.61 Å². The number of hydrogen-bond donors (Lipinski definition) is 4. The van der Waals surface area contributed by atoms with Crippen molar-refractivity contribution in [3.63, 3.8) is 0 Å². The molecule has 0 amide bonds. The third-order valence-electron chi connectivity index (χ3n) is 2.21. The molecule has 0 aromatic heterocycles. The zero-order valence-corrected chi connectivity index (χ0v) is 10.3. The van der Waals surface area contributed by atoms with Crippen molar-refractivity contribution in [1.29, 1.82) is 0 Å². The van der Waals surface area contributed by atoms with E-state index in [0.717, 1.165) is 24.2 Å². The first-order valence-corrected chi connectivity index (χ1v) is 5.47. The SMILES string of the molecule is Cc1cc(CCNCCO)ccc1N.O=[N+]([O-])O. The smallest absolute Gasteiger partial charge is 0.291 e. The minimum absolute atomic E-state index is 0.195. The zero-order chi connectivity index (χ0) is 14.0. The van der Waals surface area contributed by atoms with E-state index in [1.165, 1.54) is 5.56 Å². The Kier molecular flexibility index (Phi) is 8.25. The molecule has 0 unspecified atom stereocenters. The van der Waals surface area contributed by atoms with E-state index in [0.29, 0.717) is 6.54 Å². The third-order valence-corrected chi connectivity index (χ3v) is 2.21. The van der Waals surface area contributed by atoms with Crippen LogP contribution in [0.4, 0.5) is 5.69 Å². The lowest BCUT2D eigenvalue weighted by Gasteiger charge is -2.05. The highest BCUT2D eigenvalue weighted by molar-refractivity contribution is 5.47. The summed E-state index contributed by atoms with van der Waals surface area (Å²) in [6.45, 7) is 3.76. The molecule has 0 atom stereocenters. The Hall–Kier alpha value is -1.86. The van der Waals surface area contributed by atoms with Gasteiger partial charge in [0.15, 0.2) is 0 Å². The second kappa shape index (κ2) is 9.20. The Morgan fingerprint density at radius 1 is 1.44 bits per heavy atom. The van der Waals surface area contributed by atoms with Crippen molar-refractivity contribution in [2.24, 2.45) is 0 Å². The van der Waals surface area contributed by atoms with Crippen LogP contribution in [-0.4, -0.2) is 35.1 Å². The second-order valence-electron chi connectivity index (χ2n) is 3.65. The maximum absolute atomic E-state index is 8.56. The largest absolute Gasteiger partial charge is 0.399 e. The number of anilines is 1. The maximum Gasteiger partial charge on any atom is 0.291 e. The zero-order valence-electron chi connectivity index (χ0n) is 10.3. The van der Waals surface area contributed by atoms with Crippen molar-refractivity contribution < 1.29 is 15.4 Å². The van der Waals surface area contributed by atoms with E-state index in [2.05, 4.69) is 11.4 Å². The summed E-state index contributed by atoms with van der Waals surface area (Å²) in [5.74, 6) is 0. The van der Waals surface area contributed by atoms with Crippen LogP contribution < -0.4 is 11.1 Å². The molecule has 102 valence electrons. The third kappa shape index (κ3) is 8.31. The van der Waals surface area contributed by atoms with Crippen LogP contribution >= 0.6 is 0 Å². The number of aliphatic hydroxyl groups excluding tert-OH is 1. The minimum Gasteiger partial charge on any atom is -0.399 e. The van der Waals surface area contributed by atoms with Gasteiger partial charge in [0, 0.05) is 12.2 Å². The van der Waals surface area contributed by atoms with Gasteiger partial charge in [-0.3, -0.25) is 0 Å². The van der Waals surface area contributed by atoms with Crippen molar-refractivity contribution in [2.75, 3.05) is 25.4 Å². The molecule has 0 fully saturated rings. The second-order valence-corrected chi connectivity index (χ2v) is 3.65. The van der Waals surface area contributed by atoms with Crippen LogP contribution in [0.15, 0.2) is 18.2 Å². The van der Waals surface area contributed by atoms with Crippen LogP contribution in [0.1, 0.15) is 11.1 Å². The van der Waals surface area contributed by atoms with E-state index in [4.69, 9.17) is 26.2 Å². The Morgan fingerprint density at radius 2 is 2.06 bits per heavy atom. The van der Waals surface area contributed by atoms with Crippen LogP contribution in [0, 0.1) is 17.0 Å². The molecule has 0 radical (unpaired) electrons. The number of aliphatic hydroxyl groups is 1. The Balaban J connectivity index is 0.000000631. The summed E-state index contributed by atoms with van der Waals surface area (Å²) < 4.78 is 0. The molecular weight excluding hydrogens is 238 g/mol. The van der Waals surface area contributed by atoms with Crippen LogP contribution in [-0.2, 0) is 6.42 Å². The number of rotatable bonds is 5. The fraction of sp³-hybridized carbons (Fsp3) is 0.455. The molecule has 0 aliphatic rings. The molecular formula is C11H19N3O4. The fourth-order valence-corrected chi connectivity index (χ4v) is 1.33. The van der Waals surface area contributed by atoms with E-state index in [1.807, 2.05) is 19.1 Å². The summed E-state index contributed by atoms with van der Waals surface area (Å²) in [5, 5.41) is 25.3. The summed E-state index contributed by atoms with van der Waals surface area (Å²) >= 11 is 0. The first-order chi connectivity index (χ1) is 8.47. The summed E-state index contributed by atoms with van der Waals surface area (Å²) in [7, 11) is 0. The number of benzene rings is 1. The molecule has 0 saturated carbocycles. The van der Waals surface area contributed by atoms with Crippen molar-refractivity contribution >= 4 is 5.69 Å². The average Bonchev–Trinajstić information content (AvgIpc) is 2.28. The average molecular weight is 257 g/mol. The van der Waals surface area contributed by atoms with Crippen molar-refractivity contribution in [3.8, 4) is 0 Å². The molecule has 5 N–H and O–H groups in total. The highest BCUT2D eigenvalue weighted by atomic mass is 16.9. The number of nitrogens with zero attached hydrogens (tertiary/aromatic N) is 1. The van der Waals surface area contributed by atoms with Gasteiger partial charge < -0.3 is 21.4 Å². The molecule has 18 heavy (non-hydrogen) atoms. The van der Waals surface area contributed by atoms with Gasteiger partial charge in [0.25, 0.3) is 5.09 Å². The van der Waals surface area contributed by atoms with Gasteiger partial charge in [-0.1, -0.05) is 12.1 Å². The van der Waals surface area contributed by atoms with Crippen LogP contribution in [0.2, 0.25) is 0 Å². The van der Waals surface area contributed by atoms with Crippen molar-refractivity contribution in [1.82, 2.24) is 5.32 Å². The fourth-order valence-electron chi connectivity index (χ4n) is 1.33. The molecule has 7 heteroatoms. The van der Waals surface area contributed by atoms with Crippen LogP contribution in [0.25, 0.3) is 0 Å². The summed E-state index contributed by atoms with van der Waals surface area (Å²) in [5.41, 5.74) is 8.97. The van der Waals surface area contributed by atoms with E-state index in [9.17, 15) is 0 Å².